The summed E-state index contributed by atoms with van der Waals surface area (Å²) in [6.45, 7) is 2.06. The molecule has 2 aromatic carbocycles. The second-order valence-corrected chi connectivity index (χ2v) is 7.78. The van der Waals surface area contributed by atoms with E-state index in [4.69, 9.17) is 10.5 Å². The molecule has 1 atom stereocenters. The number of methoxy groups -OCH3 is 1. The van der Waals surface area contributed by atoms with Gasteiger partial charge in [-0.1, -0.05) is 42.1 Å². The normalized spacial score (nSPS) is 11.9. The van der Waals surface area contributed by atoms with Crippen molar-refractivity contribution in [3.63, 3.8) is 0 Å². The number of nitrogens with two attached hydrogens (primary N) is 1. The lowest BCUT2D eigenvalue weighted by atomic mass is 10.1. The standard InChI is InChI=1S/C21H21N3O4S/c1-13(18(22)25)29-21-23-17-12-15(20(27)28-2)8-9-16(17)19(26)24(21)11-10-14-6-4-3-5-7-14/h3-9,12-13H,10-11H2,1-2H3,(H2,22,25)/t13-/m1/s1. The number of ether oxygens (including phenoxy) is 1. The first-order valence-electron chi connectivity index (χ1n) is 9.03. The van der Waals surface area contributed by atoms with Crippen molar-refractivity contribution in [1.82, 2.24) is 9.55 Å². The molecule has 0 radical (unpaired) electrons. The van der Waals surface area contributed by atoms with Crippen LogP contribution in [0.2, 0.25) is 0 Å². The van der Waals surface area contributed by atoms with Crippen molar-refractivity contribution in [2.45, 2.75) is 30.3 Å². The average molecular weight is 411 g/mol. The Morgan fingerprint density at radius 3 is 2.59 bits per heavy atom. The Hall–Kier alpha value is -3.13. The van der Waals surface area contributed by atoms with E-state index in [9.17, 15) is 14.4 Å². The van der Waals surface area contributed by atoms with Crippen LogP contribution in [0.15, 0.2) is 58.5 Å². The Morgan fingerprint density at radius 1 is 1.21 bits per heavy atom. The molecule has 1 heterocycles. The van der Waals surface area contributed by atoms with Crippen LogP contribution < -0.4 is 11.3 Å². The molecule has 0 bridgehead atoms. The molecule has 8 heteroatoms. The highest BCUT2D eigenvalue weighted by molar-refractivity contribution is 8.00. The molecule has 0 fully saturated rings. The Balaban J connectivity index is 2.08. The fourth-order valence-corrected chi connectivity index (χ4v) is 3.72. The Kier molecular flexibility index (Phi) is 6.33. The molecule has 0 unspecified atom stereocenters. The molecule has 0 aliphatic heterocycles. The van der Waals surface area contributed by atoms with Crippen molar-refractivity contribution in [3.8, 4) is 0 Å². The summed E-state index contributed by atoms with van der Waals surface area (Å²) in [5, 5.41) is 0.208. The van der Waals surface area contributed by atoms with Crippen molar-refractivity contribution in [1.29, 1.82) is 0 Å². The maximum atomic E-state index is 13.1. The van der Waals surface area contributed by atoms with Gasteiger partial charge in [0.05, 0.1) is 28.8 Å². The van der Waals surface area contributed by atoms with Gasteiger partial charge in [-0.25, -0.2) is 9.78 Å². The number of benzene rings is 2. The molecule has 2 N–H and O–H groups in total. The zero-order valence-corrected chi connectivity index (χ0v) is 16.9. The predicted octanol–water partition coefficient (Wildman–Crippen LogP) is 2.39. The Morgan fingerprint density at radius 2 is 1.93 bits per heavy atom. The molecule has 1 amide bonds. The molecule has 0 spiro atoms. The molecule has 0 saturated carbocycles. The molecule has 3 aromatic rings. The summed E-state index contributed by atoms with van der Waals surface area (Å²) in [6, 6.07) is 14.4. The molecule has 7 nitrogen and oxygen atoms in total. The molecule has 0 aliphatic rings. The highest BCUT2D eigenvalue weighted by Crippen LogP contribution is 2.23. The number of hydrogen-bond acceptors (Lipinski definition) is 6. The van der Waals surface area contributed by atoms with Gasteiger partial charge in [0.2, 0.25) is 5.91 Å². The first-order chi connectivity index (χ1) is 13.9. The summed E-state index contributed by atoms with van der Waals surface area (Å²) in [4.78, 5) is 41.1. The van der Waals surface area contributed by atoms with E-state index in [1.807, 2.05) is 30.3 Å². The molecule has 1 aromatic heterocycles. The van der Waals surface area contributed by atoms with Gasteiger partial charge < -0.3 is 10.5 Å². The lowest BCUT2D eigenvalue weighted by Gasteiger charge is -2.15. The van der Waals surface area contributed by atoms with E-state index in [0.29, 0.717) is 34.6 Å². The van der Waals surface area contributed by atoms with Crippen LogP contribution in [0.25, 0.3) is 10.9 Å². The lowest BCUT2D eigenvalue weighted by Crippen LogP contribution is -2.28. The van der Waals surface area contributed by atoms with Crippen molar-refractivity contribution in [2.24, 2.45) is 5.73 Å². The number of esters is 1. The van der Waals surface area contributed by atoms with Crippen LogP contribution in [-0.4, -0.2) is 33.8 Å². The van der Waals surface area contributed by atoms with Crippen molar-refractivity contribution in [3.05, 3.63) is 70.0 Å². The third-order valence-corrected chi connectivity index (χ3v) is 5.60. The fourth-order valence-electron chi connectivity index (χ4n) is 2.83. The SMILES string of the molecule is COC(=O)c1ccc2c(=O)n(CCc3ccccc3)c(S[C@H](C)C(N)=O)nc2c1. The lowest BCUT2D eigenvalue weighted by molar-refractivity contribution is -0.117. The second kappa shape index (κ2) is 8.91. The first-order valence-corrected chi connectivity index (χ1v) is 9.91. The summed E-state index contributed by atoms with van der Waals surface area (Å²) in [7, 11) is 1.29. The highest BCUT2D eigenvalue weighted by Gasteiger charge is 2.18. The summed E-state index contributed by atoms with van der Waals surface area (Å²) in [5.41, 5.74) is 6.91. The molecular formula is C21H21N3O4S. The second-order valence-electron chi connectivity index (χ2n) is 6.47. The topological polar surface area (TPSA) is 104 Å². The average Bonchev–Trinajstić information content (AvgIpc) is 2.73. The monoisotopic (exact) mass is 411 g/mol. The first kappa shape index (κ1) is 20.6. The van der Waals surface area contributed by atoms with Crippen molar-refractivity contribution >= 4 is 34.5 Å². The zero-order valence-electron chi connectivity index (χ0n) is 16.1. The van der Waals surface area contributed by atoms with E-state index >= 15 is 0 Å². The third kappa shape index (κ3) is 4.65. The van der Waals surface area contributed by atoms with Crippen molar-refractivity contribution < 1.29 is 14.3 Å². The van der Waals surface area contributed by atoms with Gasteiger partial charge >= 0.3 is 5.97 Å². The smallest absolute Gasteiger partial charge is 0.337 e. The zero-order chi connectivity index (χ0) is 21.0. The third-order valence-electron chi connectivity index (χ3n) is 4.49. The number of amides is 1. The minimum absolute atomic E-state index is 0.235. The van der Waals surface area contributed by atoms with Crippen LogP contribution in [-0.2, 0) is 22.5 Å². The van der Waals surface area contributed by atoms with E-state index < -0.39 is 17.1 Å². The summed E-state index contributed by atoms with van der Waals surface area (Å²) in [6.07, 6.45) is 0.632. The molecular weight excluding hydrogens is 390 g/mol. The number of aromatic nitrogens is 2. The van der Waals surface area contributed by atoms with Crippen LogP contribution in [0.4, 0.5) is 0 Å². The number of fused-ring (bicyclic) bond motifs is 1. The van der Waals surface area contributed by atoms with Gasteiger partial charge in [-0.2, -0.15) is 0 Å². The number of thioether (sulfide) groups is 1. The van der Waals surface area contributed by atoms with Crippen LogP contribution in [0.5, 0.6) is 0 Å². The number of nitrogens with zero attached hydrogens (tertiary/aromatic N) is 2. The van der Waals surface area contributed by atoms with Gasteiger partial charge in [0.25, 0.3) is 5.56 Å². The van der Waals surface area contributed by atoms with E-state index in [-0.39, 0.29) is 5.56 Å². The minimum Gasteiger partial charge on any atom is -0.465 e. The quantitative estimate of drug-likeness (QED) is 0.364. The molecule has 29 heavy (non-hydrogen) atoms. The number of aryl methyl sites for hydroxylation is 1. The number of rotatable bonds is 7. The van der Waals surface area contributed by atoms with Gasteiger partial charge in [0.1, 0.15) is 0 Å². The minimum atomic E-state index is -0.564. The largest absolute Gasteiger partial charge is 0.465 e. The maximum absolute atomic E-state index is 13.1. The Labute approximate surface area is 171 Å². The summed E-state index contributed by atoms with van der Waals surface area (Å²) >= 11 is 1.12. The molecule has 0 aliphatic carbocycles. The molecule has 3 rings (SSSR count). The van der Waals surface area contributed by atoms with E-state index in [2.05, 4.69) is 4.98 Å². The van der Waals surface area contributed by atoms with Crippen LogP contribution in [0, 0.1) is 0 Å². The maximum Gasteiger partial charge on any atom is 0.337 e. The van der Waals surface area contributed by atoms with E-state index in [1.165, 1.54) is 19.2 Å². The van der Waals surface area contributed by atoms with Crippen LogP contribution in [0.1, 0.15) is 22.8 Å². The summed E-state index contributed by atoms with van der Waals surface area (Å²) in [5.74, 6) is -1.01. The number of hydrogen-bond donors (Lipinski definition) is 1. The van der Waals surface area contributed by atoms with Crippen LogP contribution in [0.3, 0.4) is 0 Å². The van der Waals surface area contributed by atoms with Crippen LogP contribution >= 0.6 is 11.8 Å². The number of carbonyl (C=O) groups is 2. The van der Waals surface area contributed by atoms with E-state index in [1.54, 1.807) is 17.6 Å². The van der Waals surface area contributed by atoms with Crippen molar-refractivity contribution in [2.75, 3.05) is 7.11 Å². The van der Waals surface area contributed by atoms with Gasteiger partial charge in [-0.3, -0.25) is 14.2 Å². The van der Waals surface area contributed by atoms with Gasteiger partial charge in [-0.15, -0.1) is 0 Å². The Bertz CT molecular complexity index is 1110. The van der Waals surface area contributed by atoms with Gasteiger partial charge in [0.15, 0.2) is 5.16 Å². The molecule has 0 saturated heterocycles. The highest BCUT2D eigenvalue weighted by atomic mass is 32.2. The number of carbonyl (C=O) groups excluding carboxylic acids is 2. The van der Waals surface area contributed by atoms with E-state index in [0.717, 1.165) is 17.3 Å². The van der Waals surface area contributed by atoms with Gasteiger partial charge in [0, 0.05) is 6.54 Å². The predicted molar refractivity (Wildman–Crippen MR) is 112 cm³/mol. The fraction of sp³-hybridized carbons (Fsp3) is 0.238. The van der Waals surface area contributed by atoms with Gasteiger partial charge in [-0.05, 0) is 37.1 Å². The molecule has 150 valence electrons. The summed E-state index contributed by atoms with van der Waals surface area (Å²) < 4.78 is 6.29. The number of primary amides is 1.